The number of hydrogen-bond acceptors (Lipinski definition) is 3. The number of aromatic nitrogens is 2. The van der Waals surface area contributed by atoms with E-state index in [1.165, 1.54) is 23.7 Å². The van der Waals surface area contributed by atoms with Crippen molar-refractivity contribution in [1.29, 1.82) is 0 Å². The van der Waals surface area contributed by atoms with Gasteiger partial charge in [-0.3, -0.25) is 9.48 Å². The van der Waals surface area contributed by atoms with Crippen molar-refractivity contribution in [2.45, 2.75) is 44.6 Å². The first-order valence-corrected chi connectivity index (χ1v) is 10.7. The molecule has 1 amide bonds. The zero-order valence-corrected chi connectivity index (χ0v) is 18.0. The Hall–Kier alpha value is -3.27. The monoisotopic (exact) mass is 477 g/mol. The molecule has 5 rings (SSSR count). The van der Waals surface area contributed by atoms with Crippen molar-refractivity contribution in [3.8, 4) is 11.3 Å². The Bertz CT molecular complexity index is 1300. The molecule has 2 aromatic carbocycles. The van der Waals surface area contributed by atoms with E-state index in [1.54, 1.807) is 4.90 Å². The van der Waals surface area contributed by atoms with Gasteiger partial charge in [-0.1, -0.05) is 12.1 Å². The Morgan fingerprint density at radius 3 is 2.62 bits per heavy atom. The Balaban J connectivity index is 1.69. The molecule has 10 heteroatoms. The van der Waals surface area contributed by atoms with E-state index in [9.17, 15) is 31.9 Å². The van der Waals surface area contributed by atoms with Crippen LogP contribution in [0.3, 0.4) is 0 Å². The fraction of sp³-hybridized carbons (Fsp3) is 0.333. The lowest BCUT2D eigenvalue weighted by atomic mass is 9.99. The molecule has 0 saturated heterocycles. The predicted molar refractivity (Wildman–Crippen MR) is 112 cm³/mol. The second-order valence-corrected chi connectivity index (χ2v) is 8.66. The van der Waals surface area contributed by atoms with E-state index < -0.39 is 35.5 Å². The number of amides is 1. The standard InChI is InChI=1S/C24H20F5N3O2/c1-12(33)31-6-5-20-18(11-31)22(13-3-2-4-14(7-13)24(27,28)29)30-32(20)23-17-8-15(25)9-19(26)16(17)10-21(23)34/h2-4,7-9,21,23,34H,5-6,10-11H2,1H3/t21-,23+/m1/s1. The van der Waals surface area contributed by atoms with Gasteiger partial charge in [0.1, 0.15) is 17.7 Å². The highest BCUT2D eigenvalue weighted by Crippen LogP contribution is 2.41. The van der Waals surface area contributed by atoms with Crippen molar-refractivity contribution in [2.24, 2.45) is 0 Å². The molecule has 2 heterocycles. The van der Waals surface area contributed by atoms with Crippen LogP contribution >= 0.6 is 0 Å². The van der Waals surface area contributed by atoms with Crippen LogP contribution in [0.1, 0.15) is 40.9 Å². The van der Waals surface area contributed by atoms with E-state index in [0.717, 1.165) is 24.3 Å². The highest BCUT2D eigenvalue weighted by molar-refractivity contribution is 5.75. The number of carbonyl (C=O) groups excluding carboxylic acids is 1. The summed E-state index contributed by atoms with van der Waals surface area (Å²) in [6.45, 7) is 1.88. The second kappa shape index (κ2) is 7.90. The molecule has 178 valence electrons. The second-order valence-electron chi connectivity index (χ2n) is 8.66. The minimum Gasteiger partial charge on any atom is -0.390 e. The molecule has 0 bridgehead atoms. The van der Waals surface area contributed by atoms with Crippen LogP contribution in [0.25, 0.3) is 11.3 Å². The van der Waals surface area contributed by atoms with Gasteiger partial charge in [0.05, 0.1) is 17.4 Å². The average Bonchev–Trinajstić information content (AvgIpc) is 3.30. The molecule has 3 aromatic rings. The van der Waals surface area contributed by atoms with Crippen LogP contribution in [0, 0.1) is 11.6 Å². The summed E-state index contributed by atoms with van der Waals surface area (Å²) in [7, 11) is 0. The first-order valence-electron chi connectivity index (χ1n) is 10.7. The molecule has 0 spiro atoms. The number of aliphatic hydroxyl groups excluding tert-OH is 1. The quantitative estimate of drug-likeness (QED) is 0.562. The maximum Gasteiger partial charge on any atom is 0.416 e. The summed E-state index contributed by atoms with van der Waals surface area (Å²) in [4.78, 5) is 13.6. The van der Waals surface area contributed by atoms with Crippen LogP contribution in [0.2, 0.25) is 0 Å². The van der Waals surface area contributed by atoms with E-state index in [0.29, 0.717) is 24.2 Å². The highest BCUT2D eigenvalue weighted by Gasteiger charge is 2.39. The molecule has 2 aliphatic rings. The maximum absolute atomic E-state index is 14.4. The minimum absolute atomic E-state index is 0.0425. The Labute approximate surface area is 191 Å². The first kappa shape index (κ1) is 22.5. The normalized spacial score (nSPS) is 19.8. The molecular weight excluding hydrogens is 457 g/mol. The number of carbonyl (C=O) groups is 1. The third-order valence-electron chi connectivity index (χ3n) is 6.55. The van der Waals surface area contributed by atoms with Gasteiger partial charge < -0.3 is 10.0 Å². The van der Waals surface area contributed by atoms with Crippen molar-refractivity contribution in [3.63, 3.8) is 0 Å². The summed E-state index contributed by atoms with van der Waals surface area (Å²) in [5, 5.41) is 15.4. The van der Waals surface area contributed by atoms with Gasteiger partial charge in [-0.2, -0.15) is 18.3 Å². The van der Waals surface area contributed by atoms with Crippen molar-refractivity contribution < 1.29 is 31.9 Å². The molecule has 2 atom stereocenters. The Kier molecular flexibility index (Phi) is 5.23. The Morgan fingerprint density at radius 1 is 1.15 bits per heavy atom. The minimum atomic E-state index is -4.56. The molecule has 5 nitrogen and oxygen atoms in total. The van der Waals surface area contributed by atoms with Gasteiger partial charge in [0.15, 0.2) is 0 Å². The van der Waals surface area contributed by atoms with Crippen molar-refractivity contribution in [3.05, 3.63) is 76.0 Å². The molecule has 0 fully saturated rings. The number of fused-ring (bicyclic) bond motifs is 2. The highest BCUT2D eigenvalue weighted by atomic mass is 19.4. The lowest BCUT2D eigenvalue weighted by Crippen LogP contribution is -2.35. The zero-order valence-electron chi connectivity index (χ0n) is 18.0. The number of halogens is 5. The SMILES string of the molecule is CC(=O)N1CCc2c(c(-c3cccc(C(F)(F)F)c3)nn2[C@H]2c3cc(F)cc(F)c3C[C@H]2O)C1. The molecule has 0 radical (unpaired) electrons. The fourth-order valence-electron chi connectivity index (χ4n) is 4.94. The number of alkyl halides is 3. The van der Waals surface area contributed by atoms with Crippen LogP contribution in [0.5, 0.6) is 0 Å². The van der Waals surface area contributed by atoms with E-state index in [-0.39, 0.29) is 41.3 Å². The molecule has 1 aliphatic heterocycles. The largest absolute Gasteiger partial charge is 0.416 e. The summed E-state index contributed by atoms with van der Waals surface area (Å²) in [6, 6.07) is 5.72. The summed E-state index contributed by atoms with van der Waals surface area (Å²) in [5.41, 5.74) is 1.20. The van der Waals surface area contributed by atoms with Crippen LogP contribution in [-0.4, -0.2) is 38.3 Å². The van der Waals surface area contributed by atoms with Crippen molar-refractivity contribution >= 4 is 5.91 Å². The van der Waals surface area contributed by atoms with Gasteiger partial charge in [0.2, 0.25) is 5.91 Å². The van der Waals surface area contributed by atoms with Crippen LogP contribution in [-0.2, 0) is 30.4 Å². The summed E-state index contributed by atoms with van der Waals surface area (Å²) in [5.74, 6) is -1.75. The van der Waals surface area contributed by atoms with Gasteiger partial charge in [0.25, 0.3) is 0 Å². The molecular formula is C24H20F5N3O2. The maximum atomic E-state index is 14.4. The first-order chi connectivity index (χ1) is 16.0. The lowest BCUT2D eigenvalue weighted by molar-refractivity contribution is -0.137. The topological polar surface area (TPSA) is 58.4 Å². The van der Waals surface area contributed by atoms with E-state index in [1.807, 2.05) is 0 Å². The number of aliphatic hydroxyl groups is 1. The van der Waals surface area contributed by atoms with Gasteiger partial charge in [-0.25, -0.2) is 8.78 Å². The van der Waals surface area contributed by atoms with Gasteiger partial charge in [-0.05, 0) is 29.3 Å². The summed E-state index contributed by atoms with van der Waals surface area (Å²) < 4.78 is 70.0. The van der Waals surface area contributed by atoms with E-state index in [4.69, 9.17) is 0 Å². The molecule has 1 aromatic heterocycles. The third kappa shape index (κ3) is 3.66. The number of nitrogens with zero attached hydrogens (tertiary/aromatic N) is 3. The molecule has 1 aliphatic carbocycles. The molecule has 0 unspecified atom stereocenters. The Morgan fingerprint density at radius 2 is 1.91 bits per heavy atom. The molecule has 1 N–H and O–H groups in total. The molecule has 0 saturated carbocycles. The number of hydrogen-bond donors (Lipinski definition) is 1. The summed E-state index contributed by atoms with van der Waals surface area (Å²) >= 11 is 0. The van der Waals surface area contributed by atoms with Crippen LogP contribution < -0.4 is 0 Å². The third-order valence-corrected chi connectivity index (χ3v) is 6.55. The van der Waals surface area contributed by atoms with Gasteiger partial charge in [0, 0.05) is 55.7 Å². The molecule has 34 heavy (non-hydrogen) atoms. The van der Waals surface area contributed by atoms with E-state index >= 15 is 0 Å². The van der Waals surface area contributed by atoms with Crippen molar-refractivity contribution in [2.75, 3.05) is 6.54 Å². The van der Waals surface area contributed by atoms with Gasteiger partial charge in [-0.15, -0.1) is 0 Å². The van der Waals surface area contributed by atoms with Gasteiger partial charge >= 0.3 is 6.18 Å². The van der Waals surface area contributed by atoms with E-state index in [2.05, 4.69) is 5.10 Å². The number of rotatable bonds is 2. The van der Waals surface area contributed by atoms with Crippen LogP contribution in [0.15, 0.2) is 36.4 Å². The fourth-order valence-corrected chi connectivity index (χ4v) is 4.94. The number of benzene rings is 2. The smallest absolute Gasteiger partial charge is 0.390 e. The predicted octanol–water partition coefficient (Wildman–Crippen LogP) is 4.26. The lowest BCUT2D eigenvalue weighted by Gasteiger charge is -2.28. The zero-order chi connectivity index (χ0) is 24.4. The van der Waals surface area contributed by atoms with Crippen LogP contribution in [0.4, 0.5) is 22.0 Å². The average molecular weight is 477 g/mol. The van der Waals surface area contributed by atoms with Crippen molar-refractivity contribution in [1.82, 2.24) is 14.7 Å². The summed E-state index contributed by atoms with van der Waals surface area (Å²) in [6.07, 6.45) is -5.37.